The van der Waals surface area contributed by atoms with Gasteiger partial charge in [-0.1, -0.05) is 54.6 Å². The number of aldehydes is 1. The number of amides is 2. The fourth-order valence-corrected chi connectivity index (χ4v) is 6.11. The molecule has 0 saturated carbocycles. The summed E-state index contributed by atoms with van der Waals surface area (Å²) in [5, 5.41) is 0. The molecule has 7 rings (SSSR count). The largest absolute Gasteiger partial charge is 0.416 e. The lowest BCUT2D eigenvalue weighted by atomic mass is 9.48. The standard InChI is InChI=1S/C26H16F3NO3/c27-26(28,29)14-6-5-7-15(12-14)30-23(32)21-20-16-8-1-3-10-18(16)25(13-31,22(21)24(30)33)19-11-4-2-9-17(19)20/h1-13,20-22H/t20?,21-,22+,25?/m0/s1. The first kappa shape index (κ1) is 19.9. The number of anilines is 1. The third-order valence-corrected chi connectivity index (χ3v) is 7.30. The molecule has 0 unspecified atom stereocenters. The van der Waals surface area contributed by atoms with E-state index >= 15 is 0 Å². The van der Waals surface area contributed by atoms with Gasteiger partial charge in [-0.3, -0.25) is 9.59 Å². The summed E-state index contributed by atoms with van der Waals surface area (Å²) in [6, 6.07) is 18.7. The van der Waals surface area contributed by atoms with E-state index in [0.29, 0.717) is 11.1 Å². The molecular weight excluding hydrogens is 431 g/mol. The Kier molecular flexibility index (Phi) is 3.86. The van der Waals surface area contributed by atoms with E-state index in [1.165, 1.54) is 12.1 Å². The van der Waals surface area contributed by atoms with Crippen molar-refractivity contribution in [2.75, 3.05) is 4.90 Å². The van der Waals surface area contributed by atoms with Crippen LogP contribution in [0.2, 0.25) is 0 Å². The summed E-state index contributed by atoms with van der Waals surface area (Å²) < 4.78 is 40.0. The molecule has 3 aliphatic carbocycles. The second kappa shape index (κ2) is 6.41. The zero-order valence-corrected chi connectivity index (χ0v) is 17.0. The Hall–Kier alpha value is -3.74. The van der Waals surface area contributed by atoms with Crippen molar-refractivity contribution in [2.45, 2.75) is 17.5 Å². The number of carbonyl (C=O) groups excluding carboxylic acids is 3. The molecule has 1 heterocycles. The van der Waals surface area contributed by atoms with Crippen LogP contribution in [0.3, 0.4) is 0 Å². The third-order valence-electron chi connectivity index (χ3n) is 7.30. The second-order valence-electron chi connectivity index (χ2n) is 8.70. The Morgan fingerprint density at radius 3 is 2.00 bits per heavy atom. The summed E-state index contributed by atoms with van der Waals surface area (Å²) in [4.78, 5) is 41.1. The SMILES string of the molecule is O=CC12c3ccccc3C(c3ccccc31)[C@@H]1C(=O)N(c3cccc(C(F)(F)F)c3)C(=O)[C@@H]12. The fourth-order valence-electron chi connectivity index (χ4n) is 6.11. The summed E-state index contributed by atoms with van der Waals surface area (Å²) in [7, 11) is 0. The smallest absolute Gasteiger partial charge is 0.302 e. The van der Waals surface area contributed by atoms with Crippen LogP contribution in [0.1, 0.15) is 33.7 Å². The lowest BCUT2D eigenvalue weighted by molar-refractivity contribution is -0.137. The second-order valence-corrected chi connectivity index (χ2v) is 8.70. The highest BCUT2D eigenvalue weighted by Crippen LogP contribution is 2.63. The molecule has 0 radical (unpaired) electrons. The van der Waals surface area contributed by atoms with Crippen LogP contribution in [-0.2, 0) is 26.0 Å². The van der Waals surface area contributed by atoms with E-state index < -0.39 is 46.7 Å². The minimum Gasteiger partial charge on any atom is -0.302 e. The Morgan fingerprint density at radius 1 is 0.818 bits per heavy atom. The molecule has 0 aromatic heterocycles. The van der Waals surface area contributed by atoms with Crippen molar-refractivity contribution in [1.29, 1.82) is 0 Å². The van der Waals surface area contributed by atoms with Gasteiger partial charge >= 0.3 is 6.18 Å². The Bertz CT molecular complexity index is 1320. The van der Waals surface area contributed by atoms with Crippen LogP contribution in [-0.4, -0.2) is 18.1 Å². The third kappa shape index (κ3) is 2.34. The van der Waals surface area contributed by atoms with Gasteiger partial charge in [0.05, 0.1) is 28.5 Å². The molecule has 3 aromatic carbocycles. The zero-order chi connectivity index (χ0) is 23.1. The van der Waals surface area contributed by atoms with Crippen molar-refractivity contribution in [3.63, 3.8) is 0 Å². The van der Waals surface area contributed by atoms with E-state index in [9.17, 15) is 27.6 Å². The molecule has 2 amide bonds. The Morgan fingerprint density at radius 2 is 1.42 bits per heavy atom. The monoisotopic (exact) mass is 447 g/mol. The Labute approximate surface area is 186 Å². The lowest BCUT2D eigenvalue weighted by Gasteiger charge is -2.51. The van der Waals surface area contributed by atoms with E-state index in [2.05, 4.69) is 0 Å². The number of halogens is 3. The molecule has 2 atom stereocenters. The van der Waals surface area contributed by atoms with Gasteiger partial charge in [-0.05, 0) is 40.5 Å². The van der Waals surface area contributed by atoms with Crippen LogP contribution in [0, 0.1) is 11.8 Å². The highest BCUT2D eigenvalue weighted by atomic mass is 19.4. The molecule has 164 valence electrons. The highest BCUT2D eigenvalue weighted by molar-refractivity contribution is 6.24. The maximum Gasteiger partial charge on any atom is 0.416 e. The van der Waals surface area contributed by atoms with Crippen LogP contribution in [0.5, 0.6) is 0 Å². The average molecular weight is 447 g/mol. The van der Waals surface area contributed by atoms with E-state index in [4.69, 9.17) is 0 Å². The van der Waals surface area contributed by atoms with Gasteiger partial charge in [-0.25, -0.2) is 4.90 Å². The Balaban J connectivity index is 1.59. The van der Waals surface area contributed by atoms with Gasteiger partial charge in [0.15, 0.2) is 0 Å². The minimum absolute atomic E-state index is 0.136. The topological polar surface area (TPSA) is 54.5 Å². The maximum absolute atomic E-state index is 13.8. The summed E-state index contributed by atoms with van der Waals surface area (Å²) >= 11 is 0. The molecular formula is C26H16F3NO3. The van der Waals surface area contributed by atoms with E-state index in [-0.39, 0.29) is 5.69 Å². The maximum atomic E-state index is 13.8. The van der Waals surface area contributed by atoms with Crippen molar-refractivity contribution in [3.05, 3.63) is 101 Å². The first-order valence-corrected chi connectivity index (χ1v) is 10.5. The number of alkyl halides is 3. The zero-order valence-electron chi connectivity index (χ0n) is 17.0. The minimum atomic E-state index is -4.62. The van der Waals surface area contributed by atoms with Crippen LogP contribution in [0.15, 0.2) is 72.8 Å². The molecule has 33 heavy (non-hydrogen) atoms. The summed E-state index contributed by atoms with van der Waals surface area (Å²) in [6.07, 6.45) is -3.89. The number of hydrogen-bond acceptors (Lipinski definition) is 3. The number of benzene rings is 3. The molecule has 4 nitrogen and oxygen atoms in total. The summed E-state index contributed by atoms with van der Waals surface area (Å²) in [6.45, 7) is 0. The van der Waals surface area contributed by atoms with E-state index in [1.54, 1.807) is 24.3 Å². The number of carbonyl (C=O) groups is 3. The molecule has 1 fully saturated rings. The van der Waals surface area contributed by atoms with Gasteiger partial charge in [-0.15, -0.1) is 0 Å². The van der Waals surface area contributed by atoms with Crippen molar-refractivity contribution in [1.82, 2.24) is 0 Å². The molecule has 2 bridgehead atoms. The molecule has 3 aromatic rings. The summed E-state index contributed by atoms with van der Waals surface area (Å²) in [5.41, 5.74) is 0.496. The van der Waals surface area contributed by atoms with Gasteiger partial charge in [0.25, 0.3) is 0 Å². The van der Waals surface area contributed by atoms with Gasteiger partial charge in [0.1, 0.15) is 6.29 Å². The highest BCUT2D eigenvalue weighted by Gasteiger charge is 2.68. The van der Waals surface area contributed by atoms with E-state index in [1.807, 2.05) is 24.3 Å². The molecule has 0 N–H and O–H groups in total. The molecule has 0 spiro atoms. The average Bonchev–Trinajstić information content (AvgIpc) is 3.09. The van der Waals surface area contributed by atoms with Gasteiger partial charge < -0.3 is 4.79 Å². The van der Waals surface area contributed by atoms with Crippen molar-refractivity contribution in [3.8, 4) is 0 Å². The van der Waals surface area contributed by atoms with E-state index in [0.717, 1.165) is 34.4 Å². The van der Waals surface area contributed by atoms with Crippen LogP contribution < -0.4 is 4.90 Å². The van der Waals surface area contributed by atoms with Crippen molar-refractivity contribution < 1.29 is 27.6 Å². The van der Waals surface area contributed by atoms with Crippen LogP contribution in [0.4, 0.5) is 18.9 Å². The predicted octanol–water partition coefficient (Wildman–Crippen LogP) is 4.46. The first-order chi connectivity index (χ1) is 15.8. The van der Waals surface area contributed by atoms with Gasteiger partial charge in [0.2, 0.25) is 11.8 Å². The summed E-state index contributed by atoms with van der Waals surface area (Å²) in [5.74, 6) is -3.58. The van der Waals surface area contributed by atoms with Crippen LogP contribution in [0.25, 0.3) is 0 Å². The van der Waals surface area contributed by atoms with Gasteiger partial charge in [0, 0.05) is 5.92 Å². The van der Waals surface area contributed by atoms with Gasteiger partial charge in [-0.2, -0.15) is 13.2 Å². The number of nitrogens with zero attached hydrogens (tertiary/aromatic N) is 1. The number of hydrogen-bond donors (Lipinski definition) is 0. The predicted molar refractivity (Wildman–Crippen MR) is 112 cm³/mol. The molecule has 4 aliphatic rings. The van der Waals surface area contributed by atoms with Crippen molar-refractivity contribution >= 4 is 23.8 Å². The quantitative estimate of drug-likeness (QED) is 0.431. The normalized spacial score (nSPS) is 27.2. The number of imide groups is 1. The lowest BCUT2D eigenvalue weighted by Crippen LogP contribution is -2.54. The molecule has 1 saturated heterocycles. The van der Waals surface area contributed by atoms with Crippen LogP contribution >= 0.6 is 0 Å². The first-order valence-electron chi connectivity index (χ1n) is 10.5. The molecule has 1 aliphatic heterocycles. The van der Waals surface area contributed by atoms with Crippen molar-refractivity contribution in [2.24, 2.45) is 11.8 Å². The number of rotatable bonds is 2. The fraction of sp³-hybridized carbons (Fsp3) is 0.192. The molecule has 7 heteroatoms.